The van der Waals surface area contributed by atoms with Gasteiger partial charge in [-0.25, -0.2) is 9.38 Å². The van der Waals surface area contributed by atoms with Crippen LogP contribution >= 0.6 is 11.6 Å². The average molecular weight is 478 g/mol. The predicted molar refractivity (Wildman–Crippen MR) is 137 cm³/mol. The molecule has 1 saturated heterocycles. The Morgan fingerprint density at radius 3 is 2.68 bits per heavy atom. The number of hydrogen-bond donors (Lipinski definition) is 0. The van der Waals surface area contributed by atoms with Crippen molar-refractivity contribution in [1.82, 2.24) is 29.0 Å². The molecular formula is C26H32ClN7. The molecule has 4 aromatic rings. The zero-order valence-corrected chi connectivity index (χ0v) is 20.6. The van der Waals surface area contributed by atoms with E-state index in [1.165, 1.54) is 37.8 Å². The van der Waals surface area contributed by atoms with Gasteiger partial charge < -0.3 is 9.47 Å². The van der Waals surface area contributed by atoms with Crippen LogP contribution in [0.3, 0.4) is 0 Å². The molecule has 178 valence electrons. The number of halogens is 1. The van der Waals surface area contributed by atoms with E-state index in [9.17, 15) is 0 Å². The second-order valence-electron chi connectivity index (χ2n) is 9.85. The minimum atomic E-state index is 0.454. The van der Waals surface area contributed by atoms with E-state index in [2.05, 4.69) is 44.1 Å². The van der Waals surface area contributed by atoms with Crippen LogP contribution in [-0.2, 0) is 13.6 Å². The topological polar surface area (TPSA) is 54.5 Å². The fourth-order valence-corrected chi connectivity index (χ4v) is 5.83. The lowest BCUT2D eigenvalue weighted by Gasteiger charge is -2.26. The lowest BCUT2D eigenvalue weighted by atomic mass is 9.89. The van der Waals surface area contributed by atoms with Crippen molar-refractivity contribution in [3.05, 3.63) is 53.1 Å². The van der Waals surface area contributed by atoms with Gasteiger partial charge in [0, 0.05) is 68.0 Å². The van der Waals surface area contributed by atoms with E-state index in [-0.39, 0.29) is 0 Å². The second-order valence-corrected chi connectivity index (χ2v) is 10.3. The number of aryl methyl sites for hydroxylation is 1. The minimum Gasteiger partial charge on any atom is -0.353 e. The molecule has 2 aliphatic rings. The van der Waals surface area contributed by atoms with Crippen molar-refractivity contribution in [2.75, 3.05) is 31.1 Å². The molecule has 1 aliphatic carbocycles. The molecule has 0 amide bonds. The molecule has 6 rings (SSSR count). The zero-order chi connectivity index (χ0) is 23.1. The molecule has 2 fully saturated rings. The lowest BCUT2D eigenvalue weighted by Crippen LogP contribution is -2.32. The molecule has 4 heterocycles. The van der Waals surface area contributed by atoms with Crippen LogP contribution in [0.15, 0.2) is 36.5 Å². The third-order valence-corrected chi connectivity index (χ3v) is 7.82. The van der Waals surface area contributed by atoms with Gasteiger partial charge in [-0.2, -0.15) is 0 Å². The molecule has 0 N–H and O–H groups in total. The van der Waals surface area contributed by atoms with Crippen LogP contribution in [0, 0.1) is 0 Å². The van der Waals surface area contributed by atoms with Gasteiger partial charge in [-0.05, 0) is 49.6 Å². The SMILES string of the molecule is Cn1cccc1CN1CCCN(c2nc3cc(Cl)ccc3c3nnc(C4CCCCC4)n23)CC1. The van der Waals surface area contributed by atoms with E-state index in [1.54, 1.807) is 0 Å². The number of hydrogen-bond acceptors (Lipinski definition) is 5. The Hall–Kier alpha value is -2.64. The molecule has 0 radical (unpaired) electrons. The summed E-state index contributed by atoms with van der Waals surface area (Å²) in [6, 6.07) is 10.3. The summed E-state index contributed by atoms with van der Waals surface area (Å²) in [5.74, 6) is 2.50. The summed E-state index contributed by atoms with van der Waals surface area (Å²) >= 11 is 6.36. The highest BCUT2D eigenvalue weighted by molar-refractivity contribution is 6.31. The van der Waals surface area contributed by atoms with Gasteiger partial charge in [0.1, 0.15) is 5.82 Å². The van der Waals surface area contributed by atoms with Crippen LogP contribution in [0.4, 0.5) is 5.95 Å². The molecule has 0 spiro atoms. The van der Waals surface area contributed by atoms with Crippen LogP contribution < -0.4 is 4.90 Å². The summed E-state index contributed by atoms with van der Waals surface area (Å²) in [5, 5.41) is 11.2. The van der Waals surface area contributed by atoms with E-state index in [1.807, 2.05) is 18.2 Å². The number of aromatic nitrogens is 5. The molecule has 3 aromatic heterocycles. The Balaban J connectivity index is 1.38. The van der Waals surface area contributed by atoms with E-state index < -0.39 is 0 Å². The summed E-state index contributed by atoms with van der Waals surface area (Å²) in [4.78, 5) is 10.2. The van der Waals surface area contributed by atoms with E-state index >= 15 is 0 Å². The van der Waals surface area contributed by atoms with Gasteiger partial charge >= 0.3 is 0 Å². The van der Waals surface area contributed by atoms with Gasteiger partial charge in [0.15, 0.2) is 5.65 Å². The molecular weight excluding hydrogens is 446 g/mol. The van der Waals surface area contributed by atoms with Gasteiger partial charge in [-0.15, -0.1) is 10.2 Å². The lowest BCUT2D eigenvalue weighted by molar-refractivity contribution is 0.279. The fraction of sp³-hybridized carbons (Fsp3) is 0.500. The van der Waals surface area contributed by atoms with E-state index in [0.717, 1.165) is 67.5 Å². The number of fused-ring (bicyclic) bond motifs is 3. The van der Waals surface area contributed by atoms with Crippen LogP contribution in [0.2, 0.25) is 5.02 Å². The van der Waals surface area contributed by atoms with Gasteiger partial charge in [0.2, 0.25) is 5.95 Å². The molecule has 0 bridgehead atoms. The largest absolute Gasteiger partial charge is 0.353 e. The Bertz CT molecular complexity index is 1300. The van der Waals surface area contributed by atoms with Crippen molar-refractivity contribution in [1.29, 1.82) is 0 Å². The van der Waals surface area contributed by atoms with Crippen LogP contribution in [0.1, 0.15) is 56.0 Å². The quantitative estimate of drug-likeness (QED) is 0.412. The standard InChI is InChI=1S/C26H32ClN7/c1-31-12-5-9-21(31)18-32-13-6-14-33(16-15-32)26-28-23-17-20(27)10-11-22(23)25-30-29-24(34(25)26)19-7-3-2-4-8-19/h5,9-12,17,19H,2-4,6-8,13-16,18H2,1H3. The molecule has 1 aliphatic heterocycles. The van der Waals surface area contributed by atoms with Gasteiger partial charge in [-0.3, -0.25) is 4.90 Å². The van der Waals surface area contributed by atoms with Crippen molar-refractivity contribution < 1.29 is 0 Å². The summed E-state index contributed by atoms with van der Waals surface area (Å²) < 4.78 is 4.48. The molecule has 8 heteroatoms. The van der Waals surface area contributed by atoms with Crippen molar-refractivity contribution in [3.8, 4) is 0 Å². The molecule has 7 nitrogen and oxygen atoms in total. The number of nitrogens with zero attached hydrogens (tertiary/aromatic N) is 7. The molecule has 0 atom stereocenters. The second kappa shape index (κ2) is 9.19. The highest BCUT2D eigenvalue weighted by Gasteiger charge is 2.27. The summed E-state index contributed by atoms with van der Waals surface area (Å²) in [7, 11) is 2.12. The first-order chi connectivity index (χ1) is 16.7. The maximum atomic E-state index is 6.36. The first-order valence-corrected chi connectivity index (χ1v) is 13.0. The van der Waals surface area contributed by atoms with Gasteiger partial charge in [0.25, 0.3) is 0 Å². The zero-order valence-electron chi connectivity index (χ0n) is 19.8. The number of anilines is 1. The fourth-order valence-electron chi connectivity index (χ4n) is 5.67. The maximum absolute atomic E-state index is 6.36. The van der Waals surface area contributed by atoms with Crippen molar-refractivity contribution >= 4 is 34.1 Å². The normalized spacial score (nSPS) is 18.7. The Labute approximate surface area is 205 Å². The monoisotopic (exact) mass is 477 g/mol. The summed E-state index contributed by atoms with van der Waals surface area (Å²) in [5.41, 5.74) is 3.15. The van der Waals surface area contributed by atoms with Crippen LogP contribution in [0.5, 0.6) is 0 Å². The molecule has 1 aromatic carbocycles. The summed E-state index contributed by atoms with van der Waals surface area (Å²) in [6.07, 6.45) is 9.45. The molecule has 1 saturated carbocycles. The van der Waals surface area contributed by atoms with Crippen molar-refractivity contribution in [2.24, 2.45) is 7.05 Å². The van der Waals surface area contributed by atoms with E-state index in [4.69, 9.17) is 26.8 Å². The Kier molecular flexibility index (Phi) is 5.91. The molecule has 0 unspecified atom stereocenters. The Morgan fingerprint density at radius 1 is 0.971 bits per heavy atom. The maximum Gasteiger partial charge on any atom is 0.213 e. The van der Waals surface area contributed by atoms with Gasteiger partial charge in [-0.1, -0.05) is 30.9 Å². The minimum absolute atomic E-state index is 0.454. The Morgan fingerprint density at radius 2 is 1.85 bits per heavy atom. The average Bonchev–Trinajstić information content (AvgIpc) is 3.39. The van der Waals surface area contributed by atoms with E-state index in [0.29, 0.717) is 10.9 Å². The predicted octanol–water partition coefficient (Wildman–Crippen LogP) is 5.03. The van der Waals surface area contributed by atoms with Crippen LogP contribution in [-0.4, -0.2) is 55.2 Å². The number of benzene rings is 1. The van der Waals surface area contributed by atoms with Crippen molar-refractivity contribution in [3.63, 3.8) is 0 Å². The third-order valence-electron chi connectivity index (χ3n) is 7.59. The summed E-state index contributed by atoms with van der Waals surface area (Å²) in [6.45, 7) is 4.97. The van der Waals surface area contributed by atoms with Crippen molar-refractivity contribution in [2.45, 2.75) is 51.0 Å². The smallest absolute Gasteiger partial charge is 0.213 e. The molecule has 34 heavy (non-hydrogen) atoms. The number of rotatable bonds is 4. The first kappa shape index (κ1) is 21.9. The van der Waals surface area contributed by atoms with Gasteiger partial charge in [0.05, 0.1) is 5.52 Å². The third kappa shape index (κ3) is 4.05. The highest BCUT2D eigenvalue weighted by atomic mass is 35.5. The van der Waals surface area contributed by atoms with Crippen LogP contribution in [0.25, 0.3) is 16.6 Å². The highest BCUT2D eigenvalue weighted by Crippen LogP contribution is 2.35. The first-order valence-electron chi connectivity index (χ1n) is 12.6.